The molecular weight excluding hydrogens is 1210 g/mol. The fourth-order valence-electron chi connectivity index (χ4n) is 10.4. The van der Waals surface area contributed by atoms with Crippen molar-refractivity contribution in [1.29, 1.82) is 0 Å². The first-order valence-electron chi connectivity index (χ1n) is 31.2. The van der Waals surface area contributed by atoms with Crippen LogP contribution in [0.15, 0.2) is 60.8 Å². The molecule has 3 rings (SSSR count). The van der Waals surface area contributed by atoms with Crippen LogP contribution >= 0.6 is 0 Å². The minimum absolute atomic E-state index is 0.0875. The molecule has 0 bridgehead atoms. The molecule has 0 saturated heterocycles. The summed E-state index contributed by atoms with van der Waals surface area (Å²) in [4.78, 5) is 165. The predicted molar refractivity (Wildman–Crippen MR) is 342 cm³/mol. The van der Waals surface area contributed by atoms with E-state index in [0.29, 0.717) is 45.2 Å². The third-order valence-corrected chi connectivity index (χ3v) is 17.6. The maximum atomic E-state index is 14.3. The summed E-state index contributed by atoms with van der Waals surface area (Å²) in [5.41, 5.74) is 30.3. The van der Waals surface area contributed by atoms with Crippen molar-refractivity contribution >= 4 is 101 Å². The molecule has 8 atom stereocenters. The van der Waals surface area contributed by atoms with Crippen molar-refractivity contribution in [2.75, 3.05) is 26.2 Å². The first-order chi connectivity index (χ1) is 42.2. The molecule has 7 amide bonds. The van der Waals surface area contributed by atoms with Gasteiger partial charge in [0.1, 0.15) is 0 Å². The fourth-order valence-corrected chi connectivity index (χ4v) is 12.6. The van der Waals surface area contributed by atoms with Crippen LogP contribution in [0.1, 0.15) is 150 Å². The molecule has 0 spiro atoms. The second-order valence-corrected chi connectivity index (χ2v) is 26.9. The predicted octanol–water partition coefficient (Wildman–Crippen LogP) is 2.58. The van der Waals surface area contributed by atoms with Crippen LogP contribution in [0.3, 0.4) is 0 Å². The maximum absolute atomic E-state index is 14.3. The molecule has 0 aliphatic heterocycles. The number of Topliss-reactive ketones (excluding diaryl/α,β-unsaturated/α-hetero) is 5. The normalized spacial score (nSPS) is 14.2. The second kappa shape index (κ2) is 40.6. The van der Waals surface area contributed by atoms with Gasteiger partial charge in [0.25, 0.3) is 0 Å². The summed E-state index contributed by atoms with van der Waals surface area (Å²) in [6, 6.07) is 12.6. The topological polar surface area (TPSA) is 411 Å². The number of ketones is 5. The van der Waals surface area contributed by atoms with E-state index in [1.165, 1.54) is 0 Å². The summed E-state index contributed by atoms with van der Waals surface area (Å²) in [5.74, 6) is -10.8. The van der Waals surface area contributed by atoms with Gasteiger partial charge < -0.3 is 34.0 Å². The first kappa shape index (κ1) is 76.3. The summed E-state index contributed by atoms with van der Waals surface area (Å²) < 4.78 is 0.955. The van der Waals surface area contributed by atoms with Crippen molar-refractivity contribution in [2.24, 2.45) is 70.1 Å². The van der Waals surface area contributed by atoms with Crippen molar-refractivity contribution in [1.82, 2.24) is 31.6 Å². The smallest absolute Gasteiger partial charge is 0.370 e. The van der Waals surface area contributed by atoms with Crippen LogP contribution in [0.4, 0.5) is 0 Å². The summed E-state index contributed by atoms with van der Waals surface area (Å²) in [7, 11) is 0. The van der Waals surface area contributed by atoms with Crippen LogP contribution in [0, 0.1) is 41.4 Å². The van der Waals surface area contributed by atoms with Gasteiger partial charge in [-0.3, -0.25) is 28.8 Å². The van der Waals surface area contributed by atoms with Gasteiger partial charge in [-0.05, 0) is 62.6 Å². The van der Waals surface area contributed by atoms with Gasteiger partial charge in [0.15, 0.2) is 5.78 Å². The van der Waals surface area contributed by atoms with Crippen LogP contribution in [0.25, 0.3) is 10.9 Å². The molecule has 1 heterocycles. The molecule has 24 heteroatoms. The number of amides is 7. The van der Waals surface area contributed by atoms with E-state index < -0.39 is 132 Å². The van der Waals surface area contributed by atoms with E-state index in [1.807, 2.05) is 102 Å². The van der Waals surface area contributed by atoms with Crippen molar-refractivity contribution < 1.29 is 57.5 Å². The van der Waals surface area contributed by atoms with Crippen molar-refractivity contribution in [3.8, 4) is 0 Å². The Morgan fingerprint density at radius 3 is 1.70 bits per heavy atom. The van der Waals surface area contributed by atoms with Gasteiger partial charge >= 0.3 is 264 Å². The van der Waals surface area contributed by atoms with Crippen LogP contribution < -0.4 is 59.7 Å². The van der Waals surface area contributed by atoms with Gasteiger partial charge in [-0.1, -0.05) is 70.9 Å². The van der Waals surface area contributed by atoms with Crippen molar-refractivity contribution in [3.63, 3.8) is 0 Å². The van der Waals surface area contributed by atoms with E-state index in [1.54, 1.807) is 0 Å². The molecule has 0 saturated carbocycles. The Morgan fingerprint density at radius 2 is 1.09 bits per heavy atom. The third-order valence-electron chi connectivity index (χ3n) is 15.2. The molecule has 1 aromatic heterocycles. The Morgan fingerprint density at radius 1 is 0.528 bits per heavy atom. The number of hydrogen-bond donors (Lipinski definition) is 11. The van der Waals surface area contributed by atoms with Crippen molar-refractivity contribution in [3.05, 3.63) is 66.4 Å². The molecule has 0 fully saturated rings. The zero-order valence-corrected chi connectivity index (χ0v) is 54.6. The molecule has 0 unspecified atom stereocenters. The molecule has 23 nitrogen and oxygen atoms in total. The zero-order valence-electron chi connectivity index (χ0n) is 52.9. The van der Waals surface area contributed by atoms with E-state index in [0.717, 1.165) is 20.9 Å². The molecule has 16 N–H and O–H groups in total. The molecule has 0 aliphatic rings. The van der Waals surface area contributed by atoms with Gasteiger partial charge in [-0.2, -0.15) is 0 Å². The molecule has 0 radical (unpaired) electrons. The fraction of sp³-hybridized carbons (Fsp3) is 0.600. The number of nitrogens with two attached hydrogens (primary N) is 5. The van der Waals surface area contributed by atoms with E-state index in [9.17, 15) is 57.5 Å². The average molecular weight is 1310 g/mol. The van der Waals surface area contributed by atoms with Gasteiger partial charge in [0.05, 0.1) is 18.5 Å². The number of H-pyrrole nitrogens is 1. The number of rotatable bonds is 47. The first-order valence-corrected chi connectivity index (χ1v) is 33.3. The Balaban J connectivity index is 1.74. The second-order valence-electron chi connectivity index (χ2n) is 24.6. The van der Waals surface area contributed by atoms with Gasteiger partial charge in [0, 0.05) is 24.7 Å². The number of fused-ring (bicyclic) bond motifs is 1. The van der Waals surface area contributed by atoms with Crippen LogP contribution in [0.2, 0.25) is 5.32 Å². The molecule has 2 aromatic carbocycles. The van der Waals surface area contributed by atoms with E-state index in [2.05, 4.69) is 31.6 Å². The Hall–Kier alpha value is -6.98. The zero-order chi connectivity index (χ0) is 66.2. The minimum atomic E-state index is -1.40. The number of aromatic amines is 1. The number of carbonyl (C=O) groups is 12. The number of primary amides is 2. The molecular formula is C65H99N11O12Se. The Kier molecular flexibility index (Phi) is 34.8. The third kappa shape index (κ3) is 29.9. The SMILES string of the molecule is CC(C)C[C@H](CC(=O)CNC(=O)[C@H](C[Se]c1ccc2[nH]ccc2c1)CC(=O)CNC(=O)CCC(=O)[C@H](Cc1ccccc1)NC(=O)[C@@H](N)CC(C)C)C(=O)N[C@@H](CC(C)C)C(=O)C[C@@H](CCCCN)C(=O)N[C@@H](CC(N)=O)C(=O)C[C@@H](CCCCN)C(N)=O. The molecule has 0 aliphatic carbocycles. The van der Waals surface area contributed by atoms with E-state index >= 15 is 0 Å². The standard InChI is InChI=1S/C65H99N11O12Se/c1-39(2)26-46(64(87)74-53(28-41(5)6)58(81)34-45(17-11-13-24-67)63(86)75-55(35-59(69)82)57(80)33-44(61(70)84)16-10-12-23-66)30-48(77)37-73-62(85)47(38-89-50-18-19-52-43(32-50)22-25-71-52)31-49(78)36-72-60(83)21-20-56(79)54(29-42-14-8-7-9-15-42)76-65(88)51(68)27-40(3)4/h7-9,14-15,18-19,22,25,32,39-41,44-47,51,53-55,71H,10-13,16-17,20-21,23-24,26-31,33-38,66-68H2,1-6H3,(H2,69,82)(H2,70,84)(H,72,83)(H,73,85)(H,74,87)(H,75,86)(H,76,88)/t44-,45-,46-,47+,51+,53+,54+,55+/m1/s1. The van der Waals surface area contributed by atoms with Crippen molar-refractivity contribution in [2.45, 2.75) is 180 Å². The van der Waals surface area contributed by atoms with Gasteiger partial charge in [0.2, 0.25) is 23.6 Å². The summed E-state index contributed by atoms with van der Waals surface area (Å²) in [6.45, 7) is 11.1. The van der Waals surface area contributed by atoms with Crippen LogP contribution in [-0.2, 0) is 64.0 Å². The number of nitrogens with one attached hydrogen (secondary N) is 6. The number of carbonyl (C=O) groups excluding carboxylic acids is 12. The number of hydrogen-bond acceptors (Lipinski definition) is 15. The Labute approximate surface area is 530 Å². The number of aromatic nitrogens is 1. The Bertz CT molecular complexity index is 2830. The minimum Gasteiger partial charge on any atom is -0.370 e. The summed E-state index contributed by atoms with van der Waals surface area (Å²) in [6.07, 6.45) is 2.95. The van der Waals surface area contributed by atoms with Gasteiger partial charge in [-0.25, -0.2) is 0 Å². The molecule has 492 valence electrons. The average Bonchev–Trinajstić information content (AvgIpc) is 2.69. The molecule has 89 heavy (non-hydrogen) atoms. The van der Waals surface area contributed by atoms with E-state index in [4.69, 9.17) is 28.7 Å². The van der Waals surface area contributed by atoms with Crippen LogP contribution in [0.5, 0.6) is 0 Å². The van der Waals surface area contributed by atoms with E-state index in [-0.39, 0.29) is 114 Å². The molecule has 3 aromatic rings. The number of benzene rings is 2. The monoisotopic (exact) mass is 1310 g/mol. The quantitative estimate of drug-likeness (QED) is 0.0286. The summed E-state index contributed by atoms with van der Waals surface area (Å²) >= 11 is -0.321. The number of unbranched alkanes of at least 4 members (excludes halogenated alkanes) is 2. The van der Waals surface area contributed by atoms with Gasteiger partial charge in [-0.15, -0.1) is 0 Å². The summed E-state index contributed by atoms with van der Waals surface area (Å²) in [5, 5.41) is 14.7. The van der Waals surface area contributed by atoms with Crippen LogP contribution in [-0.4, -0.2) is 141 Å².